The van der Waals surface area contributed by atoms with Crippen molar-refractivity contribution >= 4 is 22.8 Å². The van der Waals surface area contributed by atoms with E-state index in [1.54, 1.807) is 24.3 Å². The Hall–Kier alpha value is -4.41. The Morgan fingerprint density at radius 2 is 1.71 bits per heavy atom. The van der Waals surface area contributed by atoms with Crippen molar-refractivity contribution in [2.75, 3.05) is 19.5 Å². The molecule has 0 unspecified atom stereocenters. The van der Waals surface area contributed by atoms with E-state index in [9.17, 15) is 18.8 Å². The molecular formula is C23H22FN5O5. The van der Waals surface area contributed by atoms with E-state index < -0.39 is 17.1 Å². The highest BCUT2D eigenvalue weighted by molar-refractivity contribution is 5.91. The Bertz CT molecular complexity index is 1570. The third-order valence-electron chi connectivity index (χ3n) is 5.42. The van der Waals surface area contributed by atoms with Crippen molar-refractivity contribution in [2.45, 2.75) is 6.92 Å². The standard InChI is InChI=1S/C23H22FN5O5/c1-12(30)25-16-8-6-13(10-18(16)34-5)20-26-21-19(22(31)28(3)23(32)27(21)2)29(20)14-7-9-17(33-4)15(24)11-14/h6-11H,1-5H3,(H,25,30). The maximum Gasteiger partial charge on any atom is 0.332 e. The number of hydrogen-bond acceptors (Lipinski definition) is 6. The summed E-state index contributed by atoms with van der Waals surface area (Å²) >= 11 is 0. The molecule has 0 saturated carbocycles. The highest BCUT2D eigenvalue weighted by atomic mass is 19.1. The quantitative estimate of drug-likeness (QED) is 0.482. The fourth-order valence-electron chi connectivity index (χ4n) is 3.76. The van der Waals surface area contributed by atoms with Gasteiger partial charge < -0.3 is 14.8 Å². The molecule has 2 aromatic heterocycles. The largest absolute Gasteiger partial charge is 0.495 e. The van der Waals surface area contributed by atoms with E-state index in [2.05, 4.69) is 10.3 Å². The van der Waals surface area contributed by atoms with Gasteiger partial charge in [-0.2, -0.15) is 0 Å². The lowest BCUT2D eigenvalue weighted by Crippen LogP contribution is -2.37. The first-order valence-electron chi connectivity index (χ1n) is 10.2. The summed E-state index contributed by atoms with van der Waals surface area (Å²) in [5, 5.41) is 2.68. The van der Waals surface area contributed by atoms with Crippen LogP contribution in [0.1, 0.15) is 6.92 Å². The Labute approximate surface area is 192 Å². The topological polar surface area (TPSA) is 109 Å². The number of ether oxygens (including phenoxy) is 2. The van der Waals surface area contributed by atoms with Crippen molar-refractivity contribution in [1.82, 2.24) is 18.7 Å². The third kappa shape index (κ3) is 3.60. The number of benzene rings is 2. The van der Waals surface area contributed by atoms with Crippen molar-refractivity contribution in [3.63, 3.8) is 0 Å². The average molecular weight is 467 g/mol. The van der Waals surface area contributed by atoms with Gasteiger partial charge in [-0.3, -0.25) is 23.3 Å². The molecule has 11 heteroatoms. The molecule has 0 aliphatic heterocycles. The molecule has 1 amide bonds. The highest BCUT2D eigenvalue weighted by Gasteiger charge is 2.23. The van der Waals surface area contributed by atoms with Crippen molar-refractivity contribution in [3.05, 3.63) is 63.1 Å². The van der Waals surface area contributed by atoms with Crippen LogP contribution < -0.4 is 26.0 Å². The first-order chi connectivity index (χ1) is 16.2. The first kappa shape index (κ1) is 22.8. The number of halogens is 1. The number of fused-ring (bicyclic) bond motifs is 1. The summed E-state index contributed by atoms with van der Waals surface area (Å²) in [6, 6.07) is 9.18. The molecule has 2 aromatic carbocycles. The van der Waals surface area contributed by atoms with Crippen LogP contribution >= 0.6 is 0 Å². The predicted molar refractivity (Wildman–Crippen MR) is 124 cm³/mol. The van der Waals surface area contributed by atoms with Crippen LogP contribution in [0.15, 0.2) is 46.0 Å². The van der Waals surface area contributed by atoms with E-state index in [0.29, 0.717) is 22.7 Å². The summed E-state index contributed by atoms with van der Waals surface area (Å²) in [6.07, 6.45) is 0. The second-order valence-electron chi connectivity index (χ2n) is 7.56. The second-order valence-corrected chi connectivity index (χ2v) is 7.56. The SMILES string of the molecule is COc1ccc(-n2c(-c3ccc(NC(C)=O)c(OC)c3)nc3c2c(=O)n(C)c(=O)n3C)cc1F. The molecule has 0 atom stereocenters. The molecule has 0 fully saturated rings. The smallest absolute Gasteiger partial charge is 0.332 e. The van der Waals surface area contributed by atoms with Crippen LogP contribution in [0.3, 0.4) is 0 Å². The highest BCUT2D eigenvalue weighted by Crippen LogP contribution is 2.33. The van der Waals surface area contributed by atoms with E-state index in [1.165, 1.54) is 56.5 Å². The van der Waals surface area contributed by atoms with Gasteiger partial charge in [-0.25, -0.2) is 14.2 Å². The van der Waals surface area contributed by atoms with Gasteiger partial charge in [0.25, 0.3) is 5.56 Å². The fourth-order valence-corrected chi connectivity index (χ4v) is 3.76. The number of anilines is 1. The number of carbonyl (C=O) groups excluding carboxylic acids is 1. The van der Waals surface area contributed by atoms with Crippen molar-refractivity contribution in [1.29, 1.82) is 0 Å². The fraction of sp³-hybridized carbons (Fsp3) is 0.217. The minimum atomic E-state index is -0.631. The number of methoxy groups -OCH3 is 2. The molecule has 4 rings (SSSR count). The number of nitrogens with zero attached hydrogens (tertiary/aromatic N) is 4. The van der Waals surface area contributed by atoms with E-state index in [0.717, 1.165) is 4.57 Å². The Balaban J connectivity index is 2.10. The summed E-state index contributed by atoms with van der Waals surface area (Å²) < 4.78 is 28.8. The second kappa shape index (κ2) is 8.50. The molecule has 34 heavy (non-hydrogen) atoms. The number of amides is 1. The van der Waals surface area contributed by atoms with E-state index in [1.807, 2.05) is 0 Å². The number of hydrogen-bond donors (Lipinski definition) is 1. The number of aryl methyl sites for hydroxylation is 1. The molecule has 0 bridgehead atoms. The molecule has 0 spiro atoms. The lowest BCUT2D eigenvalue weighted by atomic mass is 10.1. The summed E-state index contributed by atoms with van der Waals surface area (Å²) in [5.41, 5.74) is 0.339. The number of imidazole rings is 1. The average Bonchev–Trinajstić information content (AvgIpc) is 3.22. The monoisotopic (exact) mass is 467 g/mol. The molecule has 0 saturated heterocycles. The predicted octanol–water partition coefficient (Wildman–Crippen LogP) is 2.20. The first-order valence-corrected chi connectivity index (χ1v) is 10.2. The third-order valence-corrected chi connectivity index (χ3v) is 5.42. The molecule has 0 aliphatic rings. The Morgan fingerprint density at radius 3 is 2.32 bits per heavy atom. The molecule has 176 valence electrons. The molecule has 2 heterocycles. The molecule has 0 radical (unpaired) electrons. The molecule has 1 N–H and O–H groups in total. The van der Waals surface area contributed by atoms with E-state index >= 15 is 0 Å². The summed E-state index contributed by atoms with van der Waals surface area (Å²) in [6.45, 7) is 1.38. The van der Waals surface area contributed by atoms with Crippen LogP contribution in [0.2, 0.25) is 0 Å². The van der Waals surface area contributed by atoms with Gasteiger partial charge in [0.1, 0.15) is 11.6 Å². The minimum Gasteiger partial charge on any atom is -0.495 e. The zero-order chi connectivity index (χ0) is 24.7. The molecule has 0 aliphatic carbocycles. The molecule has 4 aromatic rings. The Kier molecular flexibility index (Phi) is 5.70. The van der Waals surface area contributed by atoms with Crippen LogP contribution in [-0.4, -0.2) is 38.8 Å². The van der Waals surface area contributed by atoms with Gasteiger partial charge in [0.2, 0.25) is 5.91 Å². The zero-order valence-corrected chi connectivity index (χ0v) is 19.2. The minimum absolute atomic E-state index is 0.0383. The van der Waals surface area contributed by atoms with Gasteiger partial charge in [-0.05, 0) is 30.3 Å². The maximum absolute atomic E-state index is 14.6. The van der Waals surface area contributed by atoms with Crippen LogP contribution in [0.25, 0.3) is 28.2 Å². The summed E-state index contributed by atoms with van der Waals surface area (Å²) in [4.78, 5) is 41.8. The summed E-state index contributed by atoms with van der Waals surface area (Å²) in [5.74, 6) is -0.241. The van der Waals surface area contributed by atoms with Crippen LogP contribution in [0, 0.1) is 5.82 Å². The van der Waals surface area contributed by atoms with Gasteiger partial charge in [0, 0.05) is 32.6 Å². The van der Waals surface area contributed by atoms with Crippen molar-refractivity contribution in [2.24, 2.45) is 14.1 Å². The number of aromatic nitrogens is 4. The zero-order valence-electron chi connectivity index (χ0n) is 19.2. The lowest BCUT2D eigenvalue weighted by Gasteiger charge is -2.13. The van der Waals surface area contributed by atoms with Gasteiger partial charge in [0.05, 0.1) is 25.6 Å². The normalized spacial score (nSPS) is 11.0. The van der Waals surface area contributed by atoms with Crippen LogP contribution in [0.5, 0.6) is 11.5 Å². The number of nitrogens with one attached hydrogen (secondary N) is 1. The molecule has 10 nitrogen and oxygen atoms in total. The maximum atomic E-state index is 14.6. The van der Waals surface area contributed by atoms with E-state index in [-0.39, 0.29) is 28.6 Å². The summed E-state index contributed by atoms with van der Waals surface area (Å²) in [7, 11) is 5.66. The number of carbonyl (C=O) groups is 1. The lowest BCUT2D eigenvalue weighted by molar-refractivity contribution is -0.114. The Morgan fingerprint density at radius 1 is 1.00 bits per heavy atom. The van der Waals surface area contributed by atoms with Gasteiger partial charge in [0.15, 0.2) is 22.7 Å². The number of rotatable bonds is 5. The van der Waals surface area contributed by atoms with Crippen molar-refractivity contribution < 1.29 is 18.7 Å². The van der Waals surface area contributed by atoms with Gasteiger partial charge in [-0.1, -0.05) is 0 Å². The molecular weight excluding hydrogens is 445 g/mol. The van der Waals surface area contributed by atoms with Gasteiger partial charge in [-0.15, -0.1) is 0 Å². The van der Waals surface area contributed by atoms with Crippen LogP contribution in [0.4, 0.5) is 10.1 Å². The van der Waals surface area contributed by atoms with Crippen molar-refractivity contribution in [3.8, 4) is 28.6 Å². The van der Waals surface area contributed by atoms with Gasteiger partial charge >= 0.3 is 5.69 Å². The van der Waals surface area contributed by atoms with Crippen LogP contribution in [-0.2, 0) is 18.9 Å². The van der Waals surface area contributed by atoms with E-state index in [4.69, 9.17) is 9.47 Å².